The maximum Gasteiger partial charge on any atom is 0.265 e. The van der Waals surface area contributed by atoms with Crippen molar-refractivity contribution in [2.45, 2.75) is 20.0 Å². The summed E-state index contributed by atoms with van der Waals surface area (Å²) in [5.74, 6) is 0.712. The van der Waals surface area contributed by atoms with Crippen LogP contribution in [0.3, 0.4) is 0 Å². The Morgan fingerprint density at radius 1 is 1.22 bits per heavy atom. The molecule has 1 heterocycles. The van der Waals surface area contributed by atoms with E-state index < -0.39 is 0 Å². The molecule has 1 aliphatic rings. The van der Waals surface area contributed by atoms with Gasteiger partial charge < -0.3 is 4.74 Å². The summed E-state index contributed by atoms with van der Waals surface area (Å²) >= 11 is 6.53. The van der Waals surface area contributed by atoms with E-state index in [0.29, 0.717) is 9.23 Å². The van der Waals surface area contributed by atoms with Crippen LogP contribution in [0.4, 0.5) is 0 Å². The number of ether oxygens (including phenoxy) is 1. The molecule has 0 bridgehead atoms. The minimum Gasteiger partial charge on any atom is -0.490 e. The van der Waals surface area contributed by atoms with Crippen molar-refractivity contribution in [1.82, 2.24) is 4.90 Å². The van der Waals surface area contributed by atoms with Gasteiger partial charge in [-0.3, -0.25) is 9.69 Å². The molecule has 0 atom stereocenters. The molecule has 1 aliphatic heterocycles. The van der Waals surface area contributed by atoms with Crippen LogP contribution < -0.4 is 4.74 Å². The second-order valence-corrected chi connectivity index (χ2v) is 7.28. The molecule has 0 N–H and O–H groups in total. The van der Waals surface area contributed by atoms with Crippen LogP contribution in [0.5, 0.6) is 5.75 Å². The van der Waals surface area contributed by atoms with E-state index >= 15 is 0 Å². The van der Waals surface area contributed by atoms with Crippen molar-refractivity contribution >= 4 is 51.1 Å². The SMILES string of the molecule is CC(C)Oc1ccc2ccccc2c1/C=C1\SC(=S)N(C)C1=O. The van der Waals surface area contributed by atoms with Gasteiger partial charge in [-0.1, -0.05) is 54.3 Å². The molecule has 1 saturated heterocycles. The Bertz CT molecular complexity index is 827. The van der Waals surface area contributed by atoms with Crippen LogP contribution in [0.1, 0.15) is 19.4 Å². The minimum absolute atomic E-state index is 0.0593. The number of carbonyl (C=O) groups is 1. The van der Waals surface area contributed by atoms with Gasteiger partial charge >= 0.3 is 0 Å². The summed E-state index contributed by atoms with van der Waals surface area (Å²) in [6.45, 7) is 3.98. The van der Waals surface area contributed by atoms with E-state index in [1.54, 1.807) is 7.05 Å². The Kier molecular flexibility index (Phi) is 4.41. The van der Waals surface area contributed by atoms with Crippen molar-refractivity contribution < 1.29 is 9.53 Å². The molecule has 0 radical (unpaired) electrons. The number of thioether (sulfide) groups is 1. The molecule has 3 rings (SSSR count). The van der Waals surface area contributed by atoms with E-state index in [0.717, 1.165) is 22.1 Å². The third-order valence-electron chi connectivity index (χ3n) is 3.56. The Morgan fingerprint density at radius 2 is 1.96 bits per heavy atom. The monoisotopic (exact) mass is 343 g/mol. The summed E-state index contributed by atoms with van der Waals surface area (Å²) in [6, 6.07) is 12.1. The zero-order chi connectivity index (χ0) is 16.6. The number of fused-ring (bicyclic) bond motifs is 1. The van der Waals surface area contributed by atoms with Gasteiger partial charge in [0.25, 0.3) is 5.91 Å². The molecular weight excluding hydrogens is 326 g/mol. The molecule has 5 heteroatoms. The molecule has 23 heavy (non-hydrogen) atoms. The van der Waals surface area contributed by atoms with Gasteiger partial charge in [-0.2, -0.15) is 0 Å². The second kappa shape index (κ2) is 6.34. The van der Waals surface area contributed by atoms with Crippen LogP contribution in [0, 0.1) is 0 Å². The summed E-state index contributed by atoms with van der Waals surface area (Å²) < 4.78 is 6.52. The van der Waals surface area contributed by atoms with E-state index in [1.165, 1.54) is 16.7 Å². The number of benzene rings is 2. The fourth-order valence-electron chi connectivity index (χ4n) is 2.46. The average molecular weight is 343 g/mol. The first-order chi connectivity index (χ1) is 11.0. The van der Waals surface area contributed by atoms with Gasteiger partial charge in [0.05, 0.1) is 11.0 Å². The zero-order valence-corrected chi connectivity index (χ0v) is 14.8. The lowest BCUT2D eigenvalue weighted by molar-refractivity contribution is -0.121. The molecule has 118 valence electrons. The molecule has 0 unspecified atom stereocenters. The summed E-state index contributed by atoms with van der Waals surface area (Å²) in [4.78, 5) is 14.4. The standard InChI is InChI=1S/C18H17NO2S2/c1-11(2)21-15-9-8-12-6-4-5-7-13(12)14(15)10-16-17(20)19(3)18(22)23-16/h4-11H,1-3H3/b16-10-. The van der Waals surface area contributed by atoms with Gasteiger partial charge in [-0.05, 0) is 36.8 Å². The number of hydrogen-bond acceptors (Lipinski definition) is 4. The summed E-state index contributed by atoms with van der Waals surface area (Å²) in [5, 5.41) is 2.17. The summed E-state index contributed by atoms with van der Waals surface area (Å²) in [5.41, 5.74) is 0.922. The molecular formula is C18H17NO2S2. The smallest absolute Gasteiger partial charge is 0.265 e. The van der Waals surface area contributed by atoms with Gasteiger partial charge in [-0.15, -0.1) is 0 Å². The number of likely N-dealkylation sites (N-methyl/N-ethyl adjacent to an activating group) is 1. The quantitative estimate of drug-likeness (QED) is 0.608. The minimum atomic E-state index is -0.0663. The van der Waals surface area contributed by atoms with Gasteiger partial charge in [0.15, 0.2) is 0 Å². The topological polar surface area (TPSA) is 29.5 Å². The molecule has 0 aromatic heterocycles. The van der Waals surface area contributed by atoms with Crippen molar-refractivity contribution in [3.63, 3.8) is 0 Å². The molecule has 1 amide bonds. The zero-order valence-electron chi connectivity index (χ0n) is 13.2. The maximum atomic E-state index is 12.3. The molecule has 0 aliphatic carbocycles. The van der Waals surface area contributed by atoms with E-state index in [2.05, 4.69) is 6.07 Å². The summed E-state index contributed by atoms with van der Waals surface area (Å²) in [6.07, 6.45) is 1.95. The van der Waals surface area contributed by atoms with Crippen LogP contribution in [0.2, 0.25) is 0 Å². The lowest BCUT2D eigenvalue weighted by Crippen LogP contribution is -2.22. The second-order valence-electron chi connectivity index (χ2n) is 5.61. The van der Waals surface area contributed by atoms with Crippen molar-refractivity contribution in [3.05, 3.63) is 46.9 Å². The van der Waals surface area contributed by atoms with Crippen molar-refractivity contribution in [3.8, 4) is 5.75 Å². The molecule has 1 fully saturated rings. The highest BCUT2D eigenvalue weighted by Gasteiger charge is 2.29. The van der Waals surface area contributed by atoms with Gasteiger partial charge in [0.2, 0.25) is 0 Å². The third kappa shape index (κ3) is 3.12. The van der Waals surface area contributed by atoms with Crippen LogP contribution in [-0.4, -0.2) is 28.3 Å². The van der Waals surface area contributed by atoms with Gasteiger partial charge in [-0.25, -0.2) is 0 Å². The van der Waals surface area contributed by atoms with Crippen molar-refractivity contribution in [2.75, 3.05) is 7.05 Å². The summed E-state index contributed by atoms with van der Waals surface area (Å²) in [7, 11) is 1.70. The highest BCUT2D eigenvalue weighted by molar-refractivity contribution is 8.26. The van der Waals surface area contributed by atoms with Crippen molar-refractivity contribution in [2.24, 2.45) is 0 Å². The number of nitrogens with zero attached hydrogens (tertiary/aromatic N) is 1. The largest absolute Gasteiger partial charge is 0.490 e. The fraction of sp³-hybridized carbons (Fsp3) is 0.222. The Balaban J connectivity index is 2.18. The fourth-order valence-corrected chi connectivity index (χ4v) is 3.62. The lowest BCUT2D eigenvalue weighted by atomic mass is 10.0. The van der Waals surface area contributed by atoms with Crippen LogP contribution in [0.25, 0.3) is 16.8 Å². The number of amides is 1. The molecule has 2 aromatic carbocycles. The third-order valence-corrected chi connectivity index (χ3v) is 5.04. The number of rotatable bonds is 3. The number of carbonyl (C=O) groups excluding carboxylic acids is 1. The van der Waals surface area contributed by atoms with Gasteiger partial charge in [0.1, 0.15) is 10.1 Å². The van der Waals surface area contributed by atoms with Crippen LogP contribution in [0.15, 0.2) is 41.3 Å². The predicted molar refractivity (Wildman–Crippen MR) is 101 cm³/mol. The molecule has 0 spiro atoms. The van der Waals surface area contributed by atoms with E-state index in [-0.39, 0.29) is 12.0 Å². The molecule has 0 saturated carbocycles. The first-order valence-corrected chi connectivity index (χ1v) is 8.60. The first kappa shape index (κ1) is 16.0. The van der Waals surface area contributed by atoms with E-state index in [9.17, 15) is 4.79 Å². The average Bonchev–Trinajstić information content (AvgIpc) is 2.76. The highest BCUT2D eigenvalue weighted by Crippen LogP contribution is 2.36. The lowest BCUT2D eigenvalue weighted by Gasteiger charge is -2.15. The highest BCUT2D eigenvalue weighted by atomic mass is 32.2. The normalized spacial score (nSPS) is 16.9. The van der Waals surface area contributed by atoms with Crippen LogP contribution in [-0.2, 0) is 4.79 Å². The molecule has 2 aromatic rings. The Morgan fingerprint density at radius 3 is 2.61 bits per heavy atom. The van der Waals surface area contributed by atoms with Crippen molar-refractivity contribution in [1.29, 1.82) is 0 Å². The first-order valence-electron chi connectivity index (χ1n) is 7.37. The Hall–Kier alpha value is -1.85. The predicted octanol–water partition coefficient (Wildman–Crippen LogP) is 4.46. The number of hydrogen-bond donors (Lipinski definition) is 0. The number of thiocarbonyl (C=S) groups is 1. The van der Waals surface area contributed by atoms with E-state index in [4.69, 9.17) is 17.0 Å². The Labute approximate surface area is 145 Å². The molecule has 3 nitrogen and oxygen atoms in total. The maximum absolute atomic E-state index is 12.3. The van der Waals surface area contributed by atoms with Crippen LogP contribution >= 0.6 is 24.0 Å². The van der Waals surface area contributed by atoms with Gasteiger partial charge in [0, 0.05) is 12.6 Å². The van der Waals surface area contributed by atoms with E-state index in [1.807, 2.05) is 50.3 Å².